The molecule has 0 radical (unpaired) electrons. The van der Waals surface area contributed by atoms with E-state index in [1.165, 1.54) is 12.2 Å². The van der Waals surface area contributed by atoms with Crippen molar-refractivity contribution in [3.63, 3.8) is 0 Å². The first-order valence-corrected chi connectivity index (χ1v) is 14.3. The molecule has 2 rings (SSSR count). The van der Waals surface area contributed by atoms with Crippen molar-refractivity contribution in [3.8, 4) is 0 Å². The third-order valence-electron chi connectivity index (χ3n) is 5.86. The molecule has 1 aromatic carbocycles. The Balaban J connectivity index is 2.00. The van der Waals surface area contributed by atoms with Crippen LogP contribution in [0.25, 0.3) is 0 Å². The predicted octanol–water partition coefficient (Wildman–Crippen LogP) is 2.40. The lowest BCUT2D eigenvalue weighted by Crippen LogP contribution is -2.56. The van der Waals surface area contributed by atoms with Gasteiger partial charge in [-0.25, -0.2) is 0 Å². The van der Waals surface area contributed by atoms with E-state index in [2.05, 4.69) is 43.6 Å². The van der Waals surface area contributed by atoms with E-state index in [1.807, 2.05) is 20.1 Å². The third-order valence-corrected chi connectivity index (χ3v) is 6.82. The number of rotatable bonds is 14. The number of thiocarbonyl (C=S) groups is 2. The number of amides is 4. The summed E-state index contributed by atoms with van der Waals surface area (Å²) in [6.45, 7) is 3.93. The van der Waals surface area contributed by atoms with Crippen LogP contribution in [0.15, 0.2) is 41.4 Å². The molecule has 0 aliphatic carbocycles. The standard InChI is InChI=1S/C25H32N6O4S3/c1-4-16(2)22(24(35)26-12-13-31-20(32)9-10-21(31)33)30-23(34)19(11-14-38-3)29-25(37)28-18-7-5-17(6-8-18)27-15-36/h5-10,16,19,22H,4,11-14H2,1-3H3,(H,26,35)(H,30,34)(H2,28,29,37)/t16-,19-,22-/m0/s1. The van der Waals surface area contributed by atoms with Crippen molar-refractivity contribution in [2.75, 3.05) is 30.4 Å². The summed E-state index contributed by atoms with van der Waals surface area (Å²) in [4.78, 5) is 54.6. The number of carbonyl (C=O) groups excluding carboxylic acids is 4. The molecule has 3 atom stereocenters. The highest BCUT2D eigenvalue weighted by molar-refractivity contribution is 7.98. The minimum absolute atomic E-state index is 0.0499. The largest absolute Gasteiger partial charge is 0.353 e. The lowest BCUT2D eigenvalue weighted by molar-refractivity contribution is -0.137. The van der Waals surface area contributed by atoms with Crippen LogP contribution in [-0.2, 0) is 19.2 Å². The van der Waals surface area contributed by atoms with Gasteiger partial charge in [0.1, 0.15) is 12.1 Å². The number of nitrogens with zero attached hydrogens (tertiary/aromatic N) is 2. The zero-order valence-electron chi connectivity index (χ0n) is 21.5. The molecule has 0 saturated heterocycles. The fourth-order valence-electron chi connectivity index (χ4n) is 3.51. The summed E-state index contributed by atoms with van der Waals surface area (Å²) in [5.41, 5.74) is 1.36. The van der Waals surface area contributed by atoms with E-state index in [1.54, 1.807) is 36.0 Å². The Kier molecular flexibility index (Phi) is 13.1. The van der Waals surface area contributed by atoms with E-state index in [4.69, 9.17) is 12.2 Å². The summed E-state index contributed by atoms with van der Waals surface area (Å²) in [5.74, 6) is -1.03. The summed E-state index contributed by atoms with van der Waals surface area (Å²) in [7, 11) is 0. The molecule has 0 unspecified atom stereocenters. The Morgan fingerprint density at radius 2 is 1.76 bits per heavy atom. The molecule has 1 aliphatic heterocycles. The van der Waals surface area contributed by atoms with Crippen LogP contribution < -0.4 is 21.3 Å². The fourth-order valence-corrected chi connectivity index (χ4v) is 4.35. The van der Waals surface area contributed by atoms with Crippen molar-refractivity contribution in [2.45, 2.75) is 38.8 Å². The van der Waals surface area contributed by atoms with Gasteiger partial charge in [0.05, 0.1) is 10.8 Å². The van der Waals surface area contributed by atoms with E-state index in [0.29, 0.717) is 30.0 Å². The molecule has 4 amide bonds. The quantitative estimate of drug-likeness (QED) is 0.150. The molecular weight excluding hydrogens is 545 g/mol. The summed E-state index contributed by atoms with van der Waals surface area (Å²) in [5, 5.41) is 14.3. The number of benzene rings is 1. The van der Waals surface area contributed by atoms with Crippen LogP contribution in [0.4, 0.5) is 11.4 Å². The van der Waals surface area contributed by atoms with Crippen molar-refractivity contribution in [1.29, 1.82) is 0 Å². The number of nitrogens with one attached hydrogen (secondary N) is 4. The summed E-state index contributed by atoms with van der Waals surface area (Å²) in [6.07, 6.45) is 5.46. The van der Waals surface area contributed by atoms with Gasteiger partial charge in [0.25, 0.3) is 11.8 Å². The van der Waals surface area contributed by atoms with Gasteiger partial charge in [-0.3, -0.25) is 24.1 Å². The summed E-state index contributed by atoms with van der Waals surface area (Å²) in [6, 6.07) is 5.59. The van der Waals surface area contributed by atoms with Gasteiger partial charge in [-0.1, -0.05) is 20.3 Å². The minimum Gasteiger partial charge on any atom is -0.353 e. The Bertz CT molecular complexity index is 1090. The van der Waals surface area contributed by atoms with Gasteiger partial charge < -0.3 is 21.3 Å². The molecule has 10 nitrogen and oxygen atoms in total. The molecule has 1 aromatic rings. The molecular formula is C25H32N6O4S3. The van der Waals surface area contributed by atoms with Crippen LogP contribution in [0.5, 0.6) is 0 Å². The fraction of sp³-hybridized carbons (Fsp3) is 0.440. The molecule has 1 aliphatic rings. The van der Waals surface area contributed by atoms with Crippen molar-refractivity contribution in [3.05, 3.63) is 36.4 Å². The van der Waals surface area contributed by atoms with Gasteiger partial charge in [-0.2, -0.15) is 16.8 Å². The number of anilines is 1. The second-order valence-electron chi connectivity index (χ2n) is 8.51. The van der Waals surface area contributed by atoms with Crippen molar-refractivity contribution in [2.24, 2.45) is 10.9 Å². The zero-order valence-corrected chi connectivity index (χ0v) is 23.9. The molecule has 0 fully saturated rings. The number of imide groups is 1. The number of hydrogen-bond donors (Lipinski definition) is 4. The molecule has 0 saturated carbocycles. The van der Waals surface area contributed by atoms with Gasteiger partial charge in [0.2, 0.25) is 11.8 Å². The normalized spacial score (nSPS) is 14.8. The van der Waals surface area contributed by atoms with E-state index < -0.39 is 23.9 Å². The van der Waals surface area contributed by atoms with Crippen molar-refractivity contribution in [1.82, 2.24) is 20.9 Å². The smallest absolute Gasteiger partial charge is 0.253 e. The lowest BCUT2D eigenvalue weighted by Gasteiger charge is -2.27. The number of isothiocyanates is 1. The number of aliphatic imine (C=N–C) groups is 1. The van der Waals surface area contributed by atoms with Gasteiger partial charge >= 0.3 is 0 Å². The first kappa shape index (κ1) is 31.1. The van der Waals surface area contributed by atoms with Crippen molar-refractivity contribution >= 4 is 81.5 Å². The van der Waals surface area contributed by atoms with E-state index in [-0.39, 0.29) is 35.9 Å². The van der Waals surface area contributed by atoms with E-state index >= 15 is 0 Å². The van der Waals surface area contributed by atoms with E-state index in [9.17, 15) is 19.2 Å². The van der Waals surface area contributed by atoms with Gasteiger partial charge in [-0.15, -0.1) is 0 Å². The Labute approximate surface area is 237 Å². The predicted molar refractivity (Wildman–Crippen MR) is 158 cm³/mol. The highest BCUT2D eigenvalue weighted by Crippen LogP contribution is 2.16. The third kappa shape index (κ3) is 9.64. The topological polar surface area (TPSA) is 132 Å². The Morgan fingerprint density at radius 3 is 2.34 bits per heavy atom. The summed E-state index contributed by atoms with van der Waals surface area (Å²) >= 11 is 11.6. The number of thioether (sulfide) groups is 1. The second-order valence-corrected chi connectivity index (χ2v) is 10.1. The SMILES string of the molecule is CC[C@H](C)[C@H](NC(=O)[C@H](CCSC)NC(=S)Nc1ccc(N=C=S)cc1)C(=O)NCCN1C(=O)C=CC1=O. The average molecular weight is 577 g/mol. The zero-order chi connectivity index (χ0) is 28.1. The van der Waals surface area contributed by atoms with Crippen LogP contribution in [0.2, 0.25) is 0 Å². The van der Waals surface area contributed by atoms with Crippen LogP contribution in [0, 0.1) is 5.92 Å². The molecule has 0 spiro atoms. The first-order chi connectivity index (χ1) is 18.2. The highest BCUT2D eigenvalue weighted by atomic mass is 32.2. The molecule has 204 valence electrons. The second kappa shape index (κ2) is 16.0. The Morgan fingerprint density at radius 1 is 1.11 bits per heavy atom. The maximum atomic E-state index is 13.3. The number of carbonyl (C=O) groups is 4. The van der Waals surface area contributed by atoms with Crippen LogP contribution >= 0.6 is 36.2 Å². The molecule has 13 heteroatoms. The van der Waals surface area contributed by atoms with Gasteiger partial charge in [-0.05, 0) is 73.0 Å². The maximum Gasteiger partial charge on any atom is 0.253 e. The van der Waals surface area contributed by atoms with Crippen LogP contribution in [0.1, 0.15) is 26.7 Å². The average Bonchev–Trinajstić information content (AvgIpc) is 3.22. The first-order valence-electron chi connectivity index (χ1n) is 12.1. The lowest BCUT2D eigenvalue weighted by atomic mass is 9.97. The molecule has 38 heavy (non-hydrogen) atoms. The Hall–Kier alpha value is -3.12. The van der Waals surface area contributed by atoms with E-state index in [0.717, 1.165) is 4.90 Å². The monoisotopic (exact) mass is 576 g/mol. The highest BCUT2D eigenvalue weighted by Gasteiger charge is 2.30. The van der Waals surface area contributed by atoms with Gasteiger partial charge in [0, 0.05) is 30.9 Å². The minimum atomic E-state index is -0.801. The van der Waals surface area contributed by atoms with Crippen LogP contribution in [0.3, 0.4) is 0 Å². The van der Waals surface area contributed by atoms with Crippen molar-refractivity contribution < 1.29 is 19.2 Å². The number of hydrogen-bond acceptors (Lipinski definition) is 8. The molecule has 4 N–H and O–H groups in total. The maximum absolute atomic E-state index is 13.3. The molecule has 0 bridgehead atoms. The van der Waals surface area contributed by atoms with Gasteiger partial charge in [0.15, 0.2) is 5.11 Å². The molecule has 0 aromatic heterocycles. The van der Waals surface area contributed by atoms with Crippen LogP contribution in [-0.4, -0.2) is 76.0 Å². The molecule has 1 heterocycles. The summed E-state index contributed by atoms with van der Waals surface area (Å²) < 4.78 is 0.